The second-order valence-corrected chi connectivity index (χ2v) is 5.08. The van der Waals surface area contributed by atoms with Crippen molar-refractivity contribution in [3.05, 3.63) is 65.6 Å². The zero-order valence-corrected chi connectivity index (χ0v) is 12.1. The van der Waals surface area contributed by atoms with E-state index in [4.69, 9.17) is 0 Å². The first-order valence-electron chi connectivity index (χ1n) is 6.87. The van der Waals surface area contributed by atoms with Crippen LogP contribution >= 0.6 is 0 Å². The van der Waals surface area contributed by atoms with Crippen molar-refractivity contribution < 1.29 is 5.11 Å². The lowest BCUT2D eigenvalue weighted by Gasteiger charge is -2.10. The Kier molecular flexibility index (Phi) is 3.54. The van der Waals surface area contributed by atoms with Crippen molar-refractivity contribution in [2.24, 2.45) is 0 Å². The molecule has 4 heteroatoms. The Bertz CT molecular complexity index is 763. The third-order valence-electron chi connectivity index (χ3n) is 3.52. The Morgan fingerprint density at radius 1 is 1.10 bits per heavy atom. The SMILES string of the molecule is Cc1cc(C)c(CO)c(-n2cc(-c3ccccc3)cn2)n1. The van der Waals surface area contributed by atoms with E-state index in [0.29, 0.717) is 5.82 Å². The minimum absolute atomic E-state index is 0.0466. The first-order valence-corrected chi connectivity index (χ1v) is 6.87. The van der Waals surface area contributed by atoms with Gasteiger partial charge in [-0.25, -0.2) is 9.67 Å². The summed E-state index contributed by atoms with van der Waals surface area (Å²) in [5.41, 5.74) is 4.88. The molecule has 3 aromatic rings. The number of hydrogen-bond acceptors (Lipinski definition) is 3. The van der Waals surface area contributed by atoms with E-state index in [1.54, 1.807) is 4.68 Å². The summed E-state index contributed by atoms with van der Waals surface area (Å²) in [6, 6.07) is 12.0. The molecule has 0 spiro atoms. The standard InChI is InChI=1S/C17H17N3O/c1-12-8-13(2)19-17(16(12)11-21)20-10-15(9-18-20)14-6-4-3-5-7-14/h3-10,21H,11H2,1-2H3. The summed E-state index contributed by atoms with van der Waals surface area (Å²) in [6.45, 7) is 3.87. The van der Waals surface area contributed by atoms with Gasteiger partial charge in [-0.05, 0) is 31.0 Å². The fraction of sp³-hybridized carbons (Fsp3) is 0.176. The van der Waals surface area contributed by atoms with Crippen LogP contribution < -0.4 is 0 Å². The van der Waals surface area contributed by atoms with Crippen molar-refractivity contribution in [1.29, 1.82) is 0 Å². The van der Waals surface area contributed by atoms with E-state index < -0.39 is 0 Å². The van der Waals surface area contributed by atoms with Gasteiger partial charge < -0.3 is 5.11 Å². The number of hydrogen-bond donors (Lipinski definition) is 1. The van der Waals surface area contributed by atoms with E-state index in [1.807, 2.05) is 62.6 Å². The van der Waals surface area contributed by atoms with Gasteiger partial charge in [0.15, 0.2) is 5.82 Å². The molecule has 1 aromatic carbocycles. The zero-order valence-electron chi connectivity index (χ0n) is 12.1. The largest absolute Gasteiger partial charge is 0.392 e. The van der Waals surface area contributed by atoms with Crippen molar-refractivity contribution in [3.8, 4) is 16.9 Å². The molecule has 2 aromatic heterocycles. The predicted molar refractivity (Wildman–Crippen MR) is 82.2 cm³/mol. The predicted octanol–water partition coefficient (Wildman–Crippen LogP) is 3.04. The molecule has 0 saturated heterocycles. The van der Waals surface area contributed by atoms with Crippen LogP contribution in [-0.4, -0.2) is 19.9 Å². The molecule has 0 radical (unpaired) electrons. The lowest BCUT2D eigenvalue weighted by atomic mass is 10.1. The summed E-state index contributed by atoms with van der Waals surface area (Å²) in [6.07, 6.45) is 3.76. The van der Waals surface area contributed by atoms with Crippen molar-refractivity contribution in [3.63, 3.8) is 0 Å². The zero-order chi connectivity index (χ0) is 14.8. The molecular weight excluding hydrogens is 262 g/mol. The van der Waals surface area contributed by atoms with Crippen LogP contribution in [0.3, 0.4) is 0 Å². The van der Waals surface area contributed by atoms with Crippen molar-refractivity contribution in [2.75, 3.05) is 0 Å². The van der Waals surface area contributed by atoms with Gasteiger partial charge in [-0.1, -0.05) is 30.3 Å². The van der Waals surface area contributed by atoms with Gasteiger partial charge in [0.25, 0.3) is 0 Å². The van der Waals surface area contributed by atoms with Gasteiger partial charge in [0, 0.05) is 23.0 Å². The summed E-state index contributed by atoms with van der Waals surface area (Å²) in [7, 11) is 0. The van der Waals surface area contributed by atoms with Crippen LogP contribution in [0.5, 0.6) is 0 Å². The molecular formula is C17H17N3O. The number of benzene rings is 1. The first-order chi connectivity index (χ1) is 10.2. The van der Waals surface area contributed by atoms with Crippen LogP contribution in [0.2, 0.25) is 0 Å². The number of nitrogens with zero attached hydrogens (tertiary/aromatic N) is 3. The maximum atomic E-state index is 9.59. The van der Waals surface area contributed by atoms with Crippen molar-refractivity contribution in [2.45, 2.75) is 20.5 Å². The molecule has 0 amide bonds. The molecule has 2 heterocycles. The quantitative estimate of drug-likeness (QED) is 0.801. The molecule has 0 saturated carbocycles. The van der Waals surface area contributed by atoms with Crippen LogP contribution in [0, 0.1) is 13.8 Å². The van der Waals surface area contributed by atoms with Crippen molar-refractivity contribution >= 4 is 0 Å². The van der Waals surface area contributed by atoms with E-state index in [0.717, 1.165) is 27.9 Å². The van der Waals surface area contributed by atoms with E-state index >= 15 is 0 Å². The molecule has 3 rings (SSSR count). The summed E-state index contributed by atoms with van der Waals surface area (Å²) in [5, 5.41) is 14.0. The molecule has 0 fully saturated rings. The van der Waals surface area contributed by atoms with Crippen LogP contribution in [0.1, 0.15) is 16.8 Å². The van der Waals surface area contributed by atoms with Crippen LogP contribution in [0.15, 0.2) is 48.8 Å². The van der Waals surface area contributed by atoms with E-state index in [-0.39, 0.29) is 6.61 Å². The number of aliphatic hydroxyl groups excluding tert-OH is 1. The van der Waals surface area contributed by atoms with Gasteiger partial charge in [-0.3, -0.25) is 0 Å². The van der Waals surface area contributed by atoms with E-state index in [2.05, 4.69) is 10.1 Å². The van der Waals surface area contributed by atoms with Gasteiger partial charge >= 0.3 is 0 Å². The highest BCUT2D eigenvalue weighted by molar-refractivity contribution is 5.62. The molecule has 0 bridgehead atoms. The molecule has 21 heavy (non-hydrogen) atoms. The maximum Gasteiger partial charge on any atom is 0.159 e. The highest BCUT2D eigenvalue weighted by atomic mass is 16.3. The highest BCUT2D eigenvalue weighted by Crippen LogP contribution is 2.22. The number of rotatable bonds is 3. The second-order valence-electron chi connectivity index (χ2n) is 5.08. The lowest BCUT2D eigenvalue weighted by Crippen LogP contribution is -2.06. The Morgan fingerprint density at radius 2 is 1.86 bits per heavy atom. The Balaban J connectivity index is 2.09. The smallest absolute Gasteiger partial charge is 0.159 e. The Hall–Kier alpha value is -2.46. The third kappa shape index (κ3) is 2.58. The fourth-order valence-corrected chi connectivity index (χ4v) is 2.45. The van der Waals surface area contributed by atoms with Crippen LogP contribution in [0.25, 0.3) is 16.9 Å². The van der Waals surface area contributed by atoms with Crippen LogP contribution in [0.4, 0.5) is 0 Å². The van der Waals surface area contributed by atoms with E-state index in [1.165, 1.54) is 0 Å². The van der Waals surface area contributed by atoms with Gasteiger partial charge in [-0.15, -0.1) is 0 Å². The number of aliphatic hydroxyl groups is 1. The molecule has 4 nitrogen and oxygen atoms in total. The van der Waals surface area contributed by atoms with Gasteiger partial charge in [0.2, 0.25) is 0 Å². The summed E-state index contributed by atoms with van der Waals surface area (Å²) in [4.78, 5) is 4.52. The lowest BCUT2D eigenvalue weighted by molar-refractivity contribution is 0.280. The first kappa shape index (κ1) is 13.5. The van der Waals surface area contributed by atoms with Gasteiger partial charge in [-0.2, -0.15) is 5.10 Å². The number of aryl methyl sites for hydroxylation is 2. The molecule has 0 aliphatic rings. The Morgan fingerprint density at radius 3 is 2.57 bits per heavy atom. The molecule has 0 aliphatic carbocycles. The average molecular weight is 279 g/mol. The third-order valence-corrected chi connectivity index (χ3v) is 3.52. The second kappa shape index (κ2) is 5.50. The molecule has 106 valence electrons. The molecule has 1 N–H and O–H groups in total. The van der Waals surface area contributed by atoms with Crippen molar-refractivity contribution in [1.82, 2.24) is 14.8 Å². The monoisotopic (exact) mass is 279 g/mol. The average Bonchev–Trinajstić information content (AvgIpc) is 2.97. The maximum absolute atomic E-state index is 9.59. The number of pyridine rings is 1. The summed E-state index contributed by atoms with van der Waals surface area (Å²) in [5.74, 6) is 0.692. The molecule has 0 unspecified atom stereocenters. The fourth-order valence-electron chi connectivity index (χ4n) is 2.45. The minimum atomic E-state index is -0.0466. The summed E-state index contributed by atoms with van der Waals surface area (Å²) >= 11 is 0. The normalized spacial score (nSPS) is 10.8. The minimum Gasteiger partial charge on any atom is -0.392 e. The van der Waals surface area contributed by atoms with Crippen LogP contribution in [-0.2, 0) is 6.61 Å². The number of aromatic nitrogens is 3. The van der Waals surface area contributed by atoms with E-state index in [9.17, 15) is 5.11 Å². The summed E-state index contributed by atoms with van der Waals surface area (Å²) < 4.78 is 1.73. The van der Waals surface area contributed by atoms with Gasteiger partial charge in [0.05, 0.1) is 12.8 Å². The topological polar surface area (TPSA) is 50.9 Å². The molecule has 0 aliphatic heterocycles. The Labute approximate surface area is 123 Å². The molecule has 0 atom stereocenters. The van der Waals surface area contributed by atoms with Gasteiger partial charge in [0.1, 0.15) is 0 Å². The highest BCUT2D eigenvalue weighted by Gasteiger charge is 2.11.